The number of fused-ring (bicyclic) bond motifs is 5. The van der Waals surface area contributed by atoms with Gasteiger partial charge in [-0.2, -0.15) is 0 Å². The number of hydrogen-bond donors (Lipinski definition) is 1. The molecule has 136 valence electrons. The van der Waals surface area contributed by atoms with Crippen molar-refractivity contribution in [3.8, 4) is 0 Å². The number of rotatable bonds is 1. The lowest BCUT2D eigenvalue weighted by Crippen LogP contribution is -2.58. The van der Waals surface area contributed by atoms with E-state index >= 15 is 0 Å². The third-order valence-corrected chi connectivity index (χ3v) is 9.90. The maximum Gasteiger partial charge on any atom is 0.132 e. The highest BCUT2D eigenvalue weighted by atomic mass is 16.3. The second kappa shape index (κ2) is 5.32. The standard InChI is InChI=1S/C22H36O2/c1-14(23)15-7-12-22(4)18-9-11-21(3)17(5-6-19(21)24)16(18)8-10-20(22,2)13-15/h15-19,24H,5-13H2,1-4H3/t15-,16+,17+,18+,19-,20+,21+,22-/m1/s1. The lowest BCUT2D eigenvalue weighted by atomic mass is 9.40. The Bertz CT molecular complexity index is 542. The summed E-state index contributed by atoms with van der Waals surface area (Å²) in [6.45, 7) is 9.23. The van der Waals surface area contributed by atoms with Crippen molar-refractivity contribution < 1.29 is 9.90 Å². The van der Waals surface area contributed by atoms with E-state index in [2.05, 4.69) is 20.8 Å². The van der Waals surface area contributed by atoms with Crippen molar-refractivity contribution in [2.24, 2.45) is 39.9 Å². The van der Waals surface area contributed by atoms with Crippen molar-refractivity contribution in [1.82, 2.24) is 0 Å². The Morgan fingerprint density at radius 1 is 0.917 bits per heavy atom. The summed E-state index contributed by atoms with van der Waals surface area (Å²) in [5, 5.41) is 10.6. The molecule has 0 heterocycles. The van der Waals surface area contributed by atoms with Crippen LogP contribution in [0.5, 0.6) is 0 Å². The van der Waals surface area contributed by atoms with Gasteiger partial charge in [0.25, 0.3) is 0 Å². The fraction of sp³-hybridized carbons (Fsp3) is 0.955. The van der Waals surface area contributed by atoms with Crippen LogP contribution in [-0.2, 0) is 4.79 Å². The van der Waals surface area contributed by atoms with Gasteiger partial charge in [-0.05, 0) is 98.7 Å². The van der Waals surface area contributed by atoms with Crippen LogP contribution in [0.25, 0.3) is 0 Å². The van der Waals surface area contributed by atoms with Crippen LogP contribution in [0.1, 0.15) is 85.5 Å². The molecule has 4 aliphatic carbocycles. The molecule has 4 fully saturated rings. The Morgan fingerprint density at radius 3 is 2.38 bits per heavy atom. The number of carbonyl (C=O) groups is 1. The van der Waals surface area contributed by atoms with Crippen molar-refractivity contribution in [3.05, 3.63) is 0 Å². The van der Waals surface area contributed by atoms with Crippen molar-refractivity contribution in [2.45, 2.75) is 91.6 Å². The van der Waals surface area contributed by atoms with Gasteiger partial charge in [0.1, 0.15) is 5.78 Å². The molecule has 0 aromatic carbocycles. The van der Waals surface area contributed by atoms with E-state index in [0.29, 0.717) is 22.5 Å². The molecule has 4 rings (SSSR count). The third-order valence-electron chi connectivity index (χ3n) is 9.90. The first kappa shape index (κ1) is 17.1. The van der Waals surface area contributed by atoms with E-state index in [4.69, 9.17) is 0 Å². The van der Waals surface area contributed by atoms with Gasteiger partial charge >= 0.3 is 0 Å². The van der Waals surface area contributed by atoms with Gasteiger partial charge in [0.05, 0.1) is 6.10 Å². The van der Waals surface area contributed by atoms with Gasteiger partial charge in [-0.15, -0.1) is 0 Å². The molecule has 0 spiro atoms. The van der Waals surface area contributed by atoms with Crippen LogP contribution in [0.3, 0.4) is 0 Å². The van der Waals surface area contributed by atoms with Crippen molar-refractivity contribution in [1.29, 1.82) is 0 Å². The Hall–Kier alpha value is -0.370. The smallest absolute Gasteiger partial charge is 0.132 e. The SMILES string of the molecule is CC(=O)[C@@H]1CC[C@]2(C)[C@H]3CC[C@]4(C)[C@H](O)CC[C@H]4[C@@H]3CC[C@@]2(C)C1. The molecule has 0 radical (unpaired) electrons. The summed E-state index contributed by atoms with van der Waals surface area (Å²) in [5.74, 6) is 3.08. The number of aliphatic hydroxyl groups is 1. The highest BCUT2D eigenvalue weighted by Crippen LogP contribution is 2.70. The first-order chi connectivity index (χ1) is 11.2. The number of aliphatic hydroxyl groups excluding tert-OH is 1. The minimum atomic E-state index is -0.0713. The van der Waals surface area contributed by atoms with Gasteiger partial charge in [-0.25, -0.2) is 0 Å². The monoisotopic (exact) mass is 332 g/mol. The zero-order valence-electron chi connectivity index (χ0n) is 16.1. The van der Waals surface area contributed by atoms with E-state index in [1.807, 2.05) is 0 Å². The Labute approximate surface area is 147 Å². The maximum absolute atomic E-state index is 12.0. The number of carbonyl (C=O) groups excluding carboxylic acids is 1. The van der Waals surface area contributed by atoms with Crippen LogP contribution in [0.2, 0.25) is 0 Å². The van der Waals surface area contributed by atoms with Crippen LogP contribution >= 0.6 is 0 Å². The van der Waals surface area contributed by atoms with Gasteiger partial charge in [0, 0.05) is 5.92 Å². The summed E-state index contributed by atoms with van der Waals surface area (Å²) in [5.41, 5.74) is 0.923. The number of Topliss-reactive ketones (excluding diaryl/α,β-unsaturated/α-hetero) is 1. The molecule has 0 unspecified atom stereocenters. The Balaban J connectivity index is 1.64. The predicted octanol–water partition coefficient (Wildman–Crippen LogP) is 4.99. The molecule has 1 N–H and O–H groups in total. The molecule has 4 saturated carbocycles. The topological polar surface area (TPSA) is 37.3 Å². The normalized spacial score (nSPS) is 57.0. The largest absolute Gasteiger partial charge is 0.393 e. The summed E-state index contributed by atoms with van der Waals surface area (Å²) >= 11 is 0. The van der Waals surface area contributed by atoms with Crippen LogP contribution in [0.15, 0.2) is 0 Å². The molecular weight excluding hydrogens is 296 g/mol. The zero-order chi connectivity index (χ0) is 17.3. The summed E-state index contributed by atoms with van der Waals surface area (Å²) in [4.78, 5) is 12.0. The molecule has 0 aliphatic heterocycles. The van der Waals surface area contributed by atoms with Crippen LogP contribution in [-0.4, -0.2) is 17.0 Å². The minimum Gasteiger partial charge on any atom is -0.393 e. The van der Waals surface area contributed by atoms with Gasteiger partial charge in [0.15, 0.2) is 0 Å². The lowest BCUT2D eigenvalue weighted by Gasteiger charge is -2.65. The lowest BCUT2D eigenvalue weighted by molar-refractivity contribution is -0.168. The maximum atomic E-state index is 12.0. The van der Waals surface area contributed by atoms with Gasteiger partial charge < -0.3 is 5.11 Å². The molecule has 0 amide bonds. The second-order valence-electron chi connectivity index (χ2n) is 10.6. The Kier molecular flexibility index (Phi) is 3.78. The highest BCUT2D eigenvalue weighted by molar-refractivity contribution is 5.78. The summed E-state index contributed by atoms with van der Waals surface area (Å²) in [6.07, 6.45) is 10.8. The van der Waals surface area contributed by atoms with E-state index in [0.717, 1.165) is 37.0 Å². The van der Waals surface area contributed by atoms with Crippen LogP contribution < -0.4 is 0 Å². The quantitative estimate of drug-likeness (QED) is 0.735. The van der Waals surface area contributed by atoms with E-state index in [1.54, 1.807) is 6.92 Å². The molecular formula is C22H36O2. The van der Waals surface area contributed by atoms with E-state index in [9.17, 15) is 9.90 Å². The van der Waals surface area contributed by atoms with Crippen molar-refractivity contribution in [2.75, 3.05) is 0 Å². The first-order valence-electron chi connectivity index (χ1n) is 10.4. The summed E-state index contributed by atoms with van der Waals surface area (Å²) in [6, 6.07) is 0. The fourth-order valence-electron chi connectivity index (χ4n) is 7.96. The summed E-state index contributed by atoms with van der Waals surface area (Å²) in [7, 11) is 0. The fourth-order valence-corrected chi connectivity index (χ4v) is 7.96. The van der Waals surface area contributed by atoms with E-state index in [-0.39, 0.29) is 11.5 Å². The summed E-state index contributed by atoms with van der Waals surface area (Å²) < 4.78 is 0. The number of ketones is 1. The van der Waals surface area contributed by atoms with Crippen LogP contribution in [0, 0.1) is 39.9 Å². The number of hydrogen-bond acceptors (Lipinski definition) is 2. The van der Waals surface area contributed by atoms with Gasteiger partial charge in [-0.3, -0.25) is 4.79 Å². The van der Waals surface area contributed by atoms with E-state index < -0.39 is 0 Å². The zero-order valence-corrected chi connectivity index (χ0v) is 16.1. The highest BCUT2D eigenvalue weighted by Gasteiger charge is 2.63. The Morgan fingerprint density at radius 2 is 1.67 bits per heavy atom. The molecule has 2 nitrogen and oxygen atoms in total. The second-order valence-corrected chi connectivity index (χ2v) is 10.6. The van der Waals surface area contributed by atoms with Crippen molar-refractivity contribution in [3.63, 3.8) is 0 Å². The third kappa shape index (κ3) is 2.07. The molecule has 0 aromatic heterocycles. The van der Waals surface area contributed by atoms with Gasteiger partial charge in [0.2, 0.25) is 0 Å². The molecule has 0 saturated heterocycles. The van der Waals surface area contributed by atoms with Crippen molar-refractivity contribution >= 4 is 5.78 Å². The minimum absolute atomic E-state index is 0.0713. The molecule has 0 bridgehead atoms. The molecule has 24 heavy (non-hydrogen) atoms. The average molecular weight is 333 g/mol. The molecule has 8 atom stereocenters. The molecule has 2 heteroatoms. The molecule has 4 aliphatic rings. The predicted molar refractivity (Wildman–Crippen MR) is 96.5 cm³/mol. The average Bonchev–Trinajstić information content (AvgIpc) is 2.83. The van der Waals surface area contributed by atoms with E-state index in [1.165, 1.54) is 38.5 Å². The van der Waals surface area contributed by atoms with Gasteiger partial charge in [-0.1, -0.05) is 20.8 Å². The molecule has 0 aromatic rings. The first-order valence-corrected chi connectivity index (χ1v) is 10.4. The van der Waals surface area contributed by atoms with Crippen LogP contribution in [0.4, 0.5) is 0 Å².